The molecule has 0 radical (unpaired) electrons. The summed E-state index contributed by atoms with van der Waals surface area (Å²) in [4.78, 5) is 6.42. The van der Waals surface area contributed by atoms with Gasteiger partial charge in [0.1, 0.15) is 5.76 Å². The van der Waals surface area contributed by atoms with Crippen molar-refractivity contribution in [2.24, 2.45) is 4.99 Å². The molecule has 1 aromatic heterocycles. The van der Waals surface area contributed by atoms with Gasteiger partial charge in [0.2, 0.25) is 0 Å². The average Bonchev–Trinajstić information content (AvgIpc) is 2.89. The van der Waals surface area contributed by atoms with Crippen LogP contribution in [0.2, 0.25) is 5.02 Å². The summed E-state index contributed by atoms with van der Waals surface area (Å²) < 4.78 is 5.26. The fourth-order valence-electron chi connectivity index (χ4n) is 2.88. The van der Waals surface area contributed by atoms with Gasteiger partial charge >= 0.3 is 0 Å². The van der Waals surface area contributed by atoms with Crippen LogP contribution < -0.4 is 5.32 Å². The van der Waals surface area contributed by atoms with E-state index in [4.69, 9.17) is 16.1 Å². The predicted molar refractivity (Wildman–Crippen MR) is 98.7 cm³/mol. The third-order valence-corrected chi connectivity index (χ3v) is 4.46. The van der Waals surface area contributed by atoms with Crippen LogP contribution in [-0.4, -0.2) is 36.7 Å². The zero-order valence-corrected chi connectivity index (χ0v) is 15.7. The Labute approximate surface area is 148 Å². The number of hydrogen-bond donors (Lipinski definition) is 1. The molecule has 0 bridgehead atoms. The van der Waals surface area contributed by atoms with E-state index in [1.165, 1.54) is 0 Å². The maximum Gasteiger partial charge on any atom is 0.193 e. The molecule has 0 spiro atoms. The van der Waals surface area contributed by atoms with Crippen molar-refractivity contribution < 1.29 is 4.52 Å². The normalized spacial score (nSPS) is 13.0. The Morgan fingerprint density at radius 2 is 2.08 bits per heavy atom. The van der Waals surface area contributed by atoms with E-state index in [0.29, 0.717) is 6.54 Å². The highest BCUT2D eigenvalue weighted by Crippen LogP contribution is 2.22. The van der Waals surface area contributed by atoms with E-state index in [-0.39, 0.29) is 5.92 Å². The topological polar surface area (TPSA) is 53.7 Å². The third-order valence-electron chi connectivity index (χ3n) is 4.09. The van der Waals surface area contributed by atoms with Gasteiger partial charge in [0.05, 0.1) is 5.69 Å². The fourth-order valence-corrected chi connectivity index (χ4v) is 3.08. The molecule has 0 amide bonds. The Balaban J connectivity index is 1.98. The van der Waals surface area contributed by atoms with Gasteiger partial charge in [0.25, 0.3) is 0 Å². The van der Waals surface area contributed by atoms with Crippen molar-refractivity contribution in [3.63, 3.8) is 0 Å². The summed E-state index contributed by atoms with van der Waals surface area (Å²) in [5.74, 6) is 1.98. The number of rotatable bonds is 5. The first-order valence-corrected chi connectivity index (χ1v) is 8.39. The van der Waals surface area contributed by atoms with Crippen LogP contribution in [0.15, 0.2) is 33.8 Å². The van der Waals surface area contributed by atoms with Gasteiger partial charge in [-0.25, -0.2) is 0 Å². The third kappa shape index (κ3) is 4.29. The number of nitrogens with one attached hydrogen (secondary N) is 1. The van der Waals surface area contributed by atoms with Crippen molar-refractivity contribution in [2.75, 3.05) is 20.6 Å². The quantitative estimate of drug-likeness (QED) is 0.660. The molecule has 1 N–H and O–H groups in total. The predicted octanol–water partition coefficient (Wildman–Crippen LogP) is 3.76. The van der Waals surface area contributed by atoms with Crippen molar-refractivity contribution in [2.45, 2.75) is 33.2 Å². The van der Waals surface area contributed by atoms with E-state index in [9.17, 15) is 0 Å². The molecule has 0 aliphatic carbocycles. The summed E-state index contributed by atoms with van der Waals surface area (Å²) in [6.45, 7) is 7.52. The Morgan fingerprint density at radius 1 is 1.38 bits per heavy atom. The van der Waals surface area contributed by atoms with E-state index < -0.39 is 0 Å². The SMILES string of the molecule is CN=C(NCC(C)c1c(C)noc1C)N(C)Cc1ccccc1Cl. The number of guanidine groups is 1. The highest BCUT2D eigenvalue weighted by atomic mass is 35.5. The van der Waals surface area contributed by atoms with Crippen LogP contribution in [0.1, 0.15) is 35.4 Å². The molecule has 5 nitrogen and oxygen atoms in total. The van der Waals surface area contributed by atoms with E-state index in [0.717, 1.165) is 40.1 Å². The Morgan fingerprint density at radius 3 is 2.67 bits per heavy atom. The maximum absolute atomic E-state index is 6.24. The largest absolute Gasteiger partial charge is 0.361 e. The molecule has 1 heterocycles. The molecule has 6 heteroatoms. The van der Waals surface area contributed by atoms with Crippen molar-refractivity contribution in [1.82, 2.24) is 15.4 Å². The highest BCUT2D eigenvalue weighted by molar-refractivity contribution is 6.31. The summed E-state index contributed by atoms with van der Waals surface area (Å²) in [5, 5.41) is 8.21. The van der Waals surface area contributed by atoms with Gasteiger partial charge in [-0.1, -0.05) is 41.9 Å². The van der Waals surface area contributed by atoms with Crippen molar-refractivity contribution in [1.29, 1.82) is 0 Å². The molecule has 0 saturated heterocycles. The zero-order chi connectivity index (χ0) is 17.7. The first-order chi connectivity index (χ1) is 11.4. The number of benzene rings is 1. The molecule has 0 aliphatic heterocycles. The summed E-state index contributed by atoms with van der Waals surface area (Å²) >= 11 is 6.24. The van der Waals surface area contributed by atoms with Gasteiger partial charge in [-0.05, 0) is 25.5 Å². The van der Waals surface area contributed by atoms with Gasteiger partial charge in [-0.15, -0.1) is 0 Å². The van der Waals surface area contributed by atoms with E-state index in [2.05, 4.69) is 27.3 Å². The molecular weight excluding hydrogens is 324 g/mol. The summed E-state index contributed by atoms with van der Waals surface area (Å²) in [7, 11) is 3.78. The molecule has 130 valence electrons. The van der Waals surface area contributed by atoms with Crippen LogP contribution in [0.25, 0.3) is 0 Å². The number of halogens is 1. The minimum atomic E-state index is 0.279. The standard InChI is InChI=1S/C18H25ClN4O/c1-12(17-13(2)22-24-14(17)3)10-21-18(20-4)23(5)11-15-8-6-7-9-16(15)19/h6-9,12H,10-11H2,1-5H3,(H,20,21). The number of aryl methyl sites for hydroxylation is 2. The molecule has 2 aromatic rings. The lowest BCUT2D eigenvalue weighted by molar-refractivity contribution is 0.391. The molecule has 0 fully saturated rings. The van der Waals surface area contributed by atoms with Crippen LogP contribution in [0.5, 0.6) is 0 Å². The average molecular weight is 349 g/mol. The van der Waals surface area contributed by atoms with Crippen LogP contribution in [0.4, 0.5) is 0 Å². The summed E-state index contributed by atoms with van der Waals surface area (Å²) in [6.07, 6.45) is 0. The Bertz CT molecular complexity index is 691. The lowest BCUT2D eigenvalue weighted by Gasteiger charge is -2.24. The van der Waals surface area contributed by atoms with Gasteiger partial charge in [0.15, 0.2) is 5.96 Å². The van der Waals surface area contributed by atoms with Gasteiger partial charge in [-0.3, -0.25) is 4.99 Å². The van der Waals surface area contributed by atoms with Crippen LogP contribution in [-0.2, 0) is 6.54 Å². The second-order valence-corrected chi connectivity index (χ2v) is 6.42. The molecular formula is C18H25ClN4O. The van der Waals surface area contributed by atoms with Crippen LogP contribution >= 0.6 is 11.6 Å². The van der Waals surface area contributed by atoms with Gasteiger partial charge in [-0.2, -0.15) is 0 Å². The van der Waals surface area contributed by atoms with E-state index in [1.807, 2.05) is 45.2 Å². The van der Waals surface area contributed by atoms with Crippen molar-refractivity contribution in [3.05, 3.63) is 51.9 Å². The van der Waals surface area contributed by atoms with Crippen LogP contribution in [0, 0.1) is 13.8 Å². The minimum absolute atomic E-state index is 0.279. The van der Waals surface area contributed by atoms with Crippen molar-refractivity contribution >= 4 is 17.6 Å². The lowest BCUT2D eigenvalue weighted by atomic mass is 10.00. The first-order valence-electron chi connectivity index (χ1n) is 8.02. The summed E-state index contributed by atoms with van der Waals surface area (Å²) in [6, 6.07) is 7.86. The zero-order valence-electron chi connectivity index (χ0n) is 14.9. The van der Waals surface area contributed by atoms with Crippen molar-refractivity contribution in [3.8, 4) is 0 Å². The molecule has 1 aromatic carbocycles. The molecule has 1 unspecified atom stereocenters. The molecule has 24 heavy (non-hydrogen) atoms. The van der Waals surface area contributed by atoms with Gasteiger partial charge < -0.3 is 14.7 Å². The van der Waals surface area contributed by atoms with Crippen LogP contribution in [0.3, 0.4) is 0 Å². The monoisotopic (exact) mass is 348 g/mol. The molecule has 1 atom stereocenters. The molecule has 0 aliphatic rings. The van der Waals surface area contributed by atoms with E-state index >= 15 is 0 Å². The van der Waals surface area contributed by atoms with E-state index in [1.54, 1.807) is 7.05 Å². The second kappa shape index (κ2) is 8.20. The second-order valence-electron chi connectivity index (χ2n) is 6.01. The Kier molecular flexibility index (Phi) is 6.26. The molecule has 0 saturated carbocycles. The highest BCUT2D eigenvalue weighted by Gasteiger charge is 2.17. The minimum Gasteiger partial charge on any atom is -0.361 e. The fraction of sp³-hybridized carbons (Fsp3) is 0.444. The first kappa shape index (κ1) is 18.3. The number of hydrogen-bond acceptors (Lipinski definition) is 3. The summed E-state index contributed by atoms with van der Waals surface area (Å²) in [5.41, 5.74) is 3.18. The Hall–Kier alpha value is -2.01. The maximum atomic E-state index is 6.24. The molecule has 2 rings (SSSR count). The smallest absolute Gasteiger partial charge is 0.193 e. The number of aliphatic imine (C=N–C) groups is 1. The number of aromatic nitrogens is 1. The number of nitrogens with zero attached hydrogens (tertiary/aromatic N) is 3. The lowest BCUT2D eigenvalue weighted by Crippen LogP contribution is -2.40. The van der Waals surface area contributed by atoms with Gasteiger partial charge in [0, 0.05) is 43.7 Å².